The Morgan fingerprint density at radius 2 is 0.750 bits per heavy atom. The Bertz CT molecular complexity index is 1620. The Morgan fingerprint density at radius 1 is 0.403 bits per heavy atom. The molecule has 12 heteroatoms. The van der Waals surface area contributed by atoms with Crippen molar-refractivity contribution in [3.8, 4) is 0 Å². The Hall–Kier alpha value is -3.86. The third-order valence-corrected chi connectivity index (χ3v) is 12.1. The second-order valence-corrected chi connectivity index (χ2v) is 19.4. The van der Waals surface area contributed by atoms with E-state index in [1.54, 1.807) is 0 Å². The van der Waals surface area contributed by atoms with E-state index in [9.17, 15) is 28.9 Å². The van der Waals surface area contributed by atoms with Crippen LogP contribution in [0.2, 0.25) is 0 Å². The summed E-state index contributed by atoms with van der Waals surface area (Å²) in [5.74, 6) is -1.60. The van der Waals surface area contributed by atoms with Gasteiger partial charge in [0.25, 0.3) is 0 Å². The predicted molar refractivity (Wildman–Crippen MR) is 297 cm³/mol. The normalized spacial score (nSPS) is 14.2. The third kappa shape index (κ3) is 51.1. The number of esters is 3. The number of ether oxygens (including phenoxy) is 3. The molecule has 0 amide bonds. The molecule has 72 heavy (non-hydrogen) atoms. The van der Waals surface area contributed by atoms with Crippen molar-refractivity contribution >= 4 is 25.7 Å². The van der Waals surface area contributed by atoms with Gasteiger partial charge in [-0.2, -0.15) is 0 Å². The van der Waals surface area contributed by atoms with Crippen LogP contribution < -0.4 is 0 Å². The molecule has 0 spiro atoms. The van der Waals surface area contributed by atoms with Crippen LogP contribution in [0.1, 0.15) is 213 Å². The summed E-state index contributed by atoms with van der Waals surface area (Å²) in [6.45, 7) is 4.26. The first-order chi connectivity index (χ1) is 35.2. The fourth-order valence-electron chi connectivity index (χ4n) is 7.00. The maximum Gasteiger partial charge on any atom is 0.472 e. The SMILES string of the molecule is CC/C=C\C/C=C\C/C=C\C/C=C\CCC(=O)OCC(COP(=O)(O)OCC(CO)OC(=O)CCCCCCC/C=C\C/C=C\C/C=C\CC)OC(=O)CCCCCCCCC/C=C\C/C=C\CCCCC. The smallest absolute Gasteiger partial charge is 0.462 e. The van der Waals surface area contributed by atoms with Gasteiger partial charge in [-0.15, -0.1) is 0 Å². The standard InChI is InChI=1S/C60H99O11P/c1-4-7-10-13-16-19-22-25-27-28-30-33-36-39-42-45-48-51-60(64)71-57(53-67-58(62)49-46-43-40-37-34-31-24-21-18-15-12-9-6-3)55-69-72(65,66)68-54-56(52-61)70-59(63)50-47-44-41-38-35-32-29-26-23-20-17-14-11-8-5-2/h8-9,11-12,16-21,25-27,29,31,34,40,43,56-57,61H,4-7,10,13-15,22-24,28,30,32-33,35-39,41-42,44-55H2,1-3H3,(H,65,66)/b11-8-,12-9-,19-16-,20-17-,21-18-,27-25-,29-26-,34-31-,43-40-. The van der Waals surface area contributed by atoms with E-state index in [0.717, 1.165) is 116 Å². The number of unbranched alkanes of at least 4 members (excludes halogenated alkanes) is 15. The van der Waals surface area contributed by atoms with Crippen molar-refractivity contribution in [2.75, 3.05) is 26.4 Å². The number of hydrogen-bond donors (Lipinski definition) is 2. The first kappa shape index (κ1) is 68.1. The van der Waals surface area contributed by atoms with Gasteiger partial charge in [0.15, 0.2) is 6.10 Å². The van der Waals surface area contributed by atoms with E-state index in [1.165, 1.54) is 38.5 Å². The maximum atomic E-state index is 12.9. The van der Waals surface area contributed by atoms with Crippen molar-refractivity contribution in [1.29, 1.82) is 0 Å². The largest absolute Gasteiger partial charge is 0.472 e. The van der Waals surface area contributed by atoms with Crippen LogP contribution in [0.15, 0.2) is 109 Å². The summed E-state index contributed by atoms with van der Waals surface area (Å²) in [7, 11) is -4.77. The molecule has 0 fully saturated rings. The lowest BCUT2D eigenvalue weighted by molar-refractivity contribution is -0.161. The Balaban J connectivity index is 4.82. The molecule has 0 rings (SSSR count). The summed E-state index contributed by atoms with van der Waals surface area (Å²) in [5.41, 5.74) is 0. The van der Waals surface area contributed by atoms with Gasteiger partial charge in [0.05, 0.1) is 19.8 Å². The molecule has 2 N–H and O–H groups in total. The van der Waals surface area contributed by atoms with Gasteiger partial charge >= 0.3 is 25.7 Å². The number of carbonyl (C=O) groups excluding carboxylic acids is 3. The average molecular weight is 1030 g/mol. The van der Waals surface area contributed by atoms with Crippen LogP contribution in [-0.2, 0) is 42.2 Å². The Morgan fingerprint density at radius 3 is 1.17 bits per heavy atom. The molecule has 0 aliphatic heterocycles. The maximum absolute atomic E-state index is 12.9. The number of phosphoric acid groups is 1. The van der Waals surface area contributed by atoms with Crippen LogP contribution in [0.4, 0.5) is 0 Å². The molecule has 0 aromatic rings. The monoisotopic (exact) mass is 1030 g/mol. The van der Waals surface area contributed by atoms with Gasteiger partial charge < -0.3 is 24.2 Å². The zero-order valence-electron chi connectivity index (χ0n) is 45.1. The molecule has 0 radical (unpaired) electrons. The highest BCUT2D eigenvalue weighted by atomic mass is 31.2. The van der Waals surface area contributed by atoms with E-state index < -0.39 is 57.8 Å². The lowest BCUT2D eigenvalue weighted by atomic mass is 10.1. The summed E-state index contributed by atoms with van der Waals surface area (Å²) in [6.07, 6.45) is 63.5. The van der Waals surface area contributed by atoms with Crippen molar-refractivity contribution in [1.82, 2.24) is 0 Å². The highest BCUT2D eigenvalue weighted by Gasteiger charge is 2.28. The number of hydrogen-bond acceptors (Lipinski definition) is 10. The summed E-state index contributed by atoms with van der Waals surface area (Å²) < 4.78 is 39.4. The van der Waals surface area contributed by atoms with E-state index in [2.05, 4.69) is 118 Å². The van der Waals surface area contributed by atoms with Gasteiger partial charge in [0.2, 0.25) is 0 Å². The highest BCUT2D eigenvalue weighted by molar-refractivity contribution is 7.47. The molecular weight excluding hydrogens is 928 g/mol. The number of allylic oxidation sites excluding steroid dienone is 18. The van der Waals surface area contributed by atoms with Crippen LogP contribution >= 0.6 is 7.82 Å². The third-order valence-electron chi connectivity index (χ3n) is 11.2. The van der Waals surface area contributed by atoms with Crippen LogP contribution in [0, 0.1) is 0 Å². The van der Waals surface area contributed by atoms with Gasteiger partial charge in [0, 0.05) is 19.3 Å². The first-order valence-corrected chi connectivity index (χ1v) is 29.3. The van der Waals surface area contributed by atoms with Gasteiger partial charge in [0.1, 0.15) is 12.7 Å². The van der Waals surface area contributed by atoms with Crippen molar-refractivity contribution < 1.29 is 52.2 Å². The molecule has 0 heterocycles. The summed E-state index contributed by atoms with van der Waals surface area (Å²) in [6, 6.07) is 0. The fraction of sp³-hybridized carbons (Fsp3) is 0.650. The van der Waals surface area contributed by atoms with E-state index >= 15 is 0 Å². The topological polar surface area (TPSA) is 155 Å². The van der Waals surface area contributed by atoms with Crippen molar-refractivity contribution in [2.45, 2.75) is 226 Å². The molecule has 0 saturated heterocycles. The van der Waals surface area contributed by atoms with Crippen molar-refractivity contribution in [3.63, 3.8) is 0 Å². The summed E-state index contributed by atoms with van der Waals surface area (Å²) in [4.78, 5) is 48.4. The molecule has 0 saturated carbocycles. The number of carbonyl (C=O) groups is 3. The van der Waals surface area contributed by atoms with Crippen LogP contribution in [0.3, 0.4) is 0 Å². The molecule has 0 aliphatic carbocycles. The molecule has 3 unspecified atom stereocenters. The fourth-order valence-corrected chi connectivity index (χ4v) is 7.79. The zero-order valence-corrected chi connectivity index (χ0v) is 46.0. The van der Waals surface area contributed by atoms with E-state index in [0.29, 0.717) is 19.3 Å². The highest BCUT2D eigenvalue weighted by Crippen LogP contribution is 2.43. The zero-order chi connectivity index (χ0) is 52.7. The lowest BCUT2D eigenvalue weighted by Crippen LogP contribution is -2.30. The molecule has 0 aliphatic rings. The lowest BCUT2D eigenvalue weighted by Gasteiger charge is -2.21. The van der Waals surface area contributed by atoms with Crippen molar-refractivity contribution in [2.24, 2.45) is 0 Å². The van der Waals surface area contributed by atoms with E-state index in [4.69, 9.17) is 23.3 Å². The molecule has 410 valence electrons. The number of rotatable bonds is 50. The molecule has 11 nitrogen and oxygen atoms in total. The summed E-state index contributed by atoms with van der Waals surface area (Å²) in [5, 5.41) is 9.80. The molecule has 0 bridgehead atoms. The Kier molecular flexibility index (Phi) is 50.6. The average Bonchev–Trinajstić information content (AvgIpc) is 3.37. The van der Waals surface area contributed by atoms with Gasteiger partial charge in [-0.3, -0.25) is 23.4 Å². The number of phosphoric ester groups is 1. The van der Waals surface area contributed by atoms with E-state index in [-0.39, 0.29) is 25.9 Å². The predicted octanol–water partition coefficient (Wildman–Crippen LogP) is 16.2. The van der Waals surface area contributed by atoms with Gasteiger partial charge in [-0.25, -0.2) is 4.57 Å². The Labute approximate surface area is 437 Å². The summed E-state index contributed by atoms with van der Waals surface area (Å²) >= 11 is 0. The van der Waals surface area contributed by atoms with E-state index in [1.807, 2.05) is 12.2 Å². The quantitative estimate of drug-likeness (QED) is 0.0197. The minimum atomic E-state index is -4.77. The van der Waals surface area contributed by atoms with Crippen LogP contribution in [0.25, 0.3) is 0 Å². The number of aliphatic hydroxyl groups is 1. The molecular formula is C60H99O11P. The first-order valence-electron chi connectivity index (χ1n) is 27.8. The van der Waals surface area contributed by atoms with Crippen LogP contribution in [-0.4, -0.2) is 66.5 Å². The van der Waals surface area contributed by atoms with Crippen LogP contribution in [0.5, 0.6) is 0 Å². The van der Waals surface area contributed by atoms with Crippen molar-refractivity contribution in [3.05, 3.63) is 109 Å². The molecule has 0 aromatic carbocycles. The molecule has 3 atom stereocenters. The minimum absolute atomic E-state index is 0.0976. The second kappa shape index (κ2) is 53.4. The van der Waals surface area contributed by atoms with Gasteiger partial charge in [-0.1, -0.05) is 194 Å². The minimum Gasteiger partial charge on any atom is -0.462 e. The van der Waals surface area contributed by atoms with Gasteiger partial charge in [-0.05, 0) is 109 Å². The second-order valence-electron chi connectivity index (χ2n) is 18.0. The number of aliphatic hydroxyl groups excluding tert-OH is 1. The molecule has 0 aromatic heterocycles.